The highest BCUT2D eigenvalue weighted by Gasteiger charge is 2.31. The summed E-state index contributed by atoms with van der Waals surface area (Å²) in [4.78, 5) is 7.33. The zero-order valence-electron chi connectivity index (χ0n) is 14.0. The van der Waals surface area contributed by atoms with Gasteiger partial charge in [0.1, 0.15) is 18.1 Å². The topological polar surface area (TPSA) is 69.8 Å². The van der Waals surface area contributed by atoms with E-state index in [0.29, 0.717) is 28.2 Å². The molecule has 8 heteroatoms. The van der Waals surface area contributed by atoms with Crippen LogP contribution in [0.3, 0.4) is 0 Å². The Morgan fingerprint density at radius 3 is 2.74 bits per heavy atom. The smallest absolute Gasteiger partial charge is 0.352 e. The minimum atomic E-state index is -4.46. The molecule has 0 fully saturated rings. The second kappa shape index (κ2) is 5.99. The van der Waals surface area contributed by atoms with Gasteiger partial charge < -0.3 is 4.98 Å². The van der Waals surface area contributed by atoms with Gasteiger partial charge in [0.05, 0.1) is 28.0 Å². The number of nitrogens with zero attached hydrogens (tertiary/aromatic N) is 4. The molecule has 0 aliphatic heterocycles. The molecular weight excluding hydrogens is 355 g/mol. The van der Waals surface area contributed by atoms with Crippen molar-refractivity contribution in [2.45, 2.75) is 13.1 Å². The summed E-state index contributed by atoms with van der Waals surface area (Å²) in [6.07, 6.45) is -1.33. The lowest BCUT2D eigenvalue weighted by molar-refractivity contribution is -0.137. The first-order valence-corrected chi connectivity index (χ1v) is 7.98. The summed E-state index contributed by atoms with van der Waals surface area (Å²) < 4.78 is 41.0. The molecule has 0 saturated heterocycles. The average molecular weight is 367 g/mol. The van der Waals surface area contributed by atoms with Crippen LogP contribution in [0.4, 0.5) is 13.2 Å². The van der Waals surface area contributed by atoms with E-state index < -0.39 is 11.7 Å². The van der Waals surface area contributed by atoms with E-state index in [1.165, 1.54) is 12.4 Å². The first-order chi connectivity index (χ1) is 12.9. The molecule has 134 valence electrons. The third kappa shape index (κ3) is 2.83. The number of aryl methyl sites for hydroxylation is 1. The Morgan fingerprint density at radius 1 is 1.19 bits per heavy atom. The second-order valence-corrected chi connectivity index (χ2v) is 6.06. The molecule has 4 aromatic rings. The molecule has 0 unspecified atom stereocenters. The van der Waals surface area contributed by atoms with Crippen molar-refractivity contribution in [2.24, 2.45) is 0 Å². The quantitative estimate of drug-likeness (QED) is 0.563. The van der Waals surface area contributed by atoms with E-state index in [0.717, 1.165) is 17.6 Å². The Kier molecular flexibility index (Phi) is 3.73. The number of fused-ring (bicyclic) bond motifs is 1. The van der Waals surface area contributed by atoms with E-state index in [-0.39, 0.29) is 5.56 Å². The van der Waals surface area contributed by atoms with Crippen molar-refractivity contribution >= 4 is 5.52 Å². The summed E-state index contributed by atoms with van der Waals surface area (Å²) in [5.74, 6) is 0. The fraction of sp³-hybridized carbons (Fsp3) is 0.105. The molecule has 1 N–H and O–H groups in total. The Morgan fingerprint density at radius 2 is 2.00 bits per heavy atom. The minimum absolute atomic E-state index is 0.246. The number of H-pyrrole nitrogens is 1. The standard InChI is InChI=1S/C19H12F3N5/c1-11-4-5-13(19(20,21)22)8-14(11)17-12(9-23)7-15(26-17)18-16-3-2-6-27(16)25-10-24-18/h2-8,10,26H,1H3. The van der Waals surface area contributed by atoms with Crippen LogP contribution in [0, 0.1) is 18.3 Å². The van der Waals surface area contributed by atoms with E-state index in [1.807, 2.05) is 12.1 Å². The van der Waals surface area contributed by atoms with E-state index >= 15 is 0 Å². The summed E-state index contributed by atoms with van der Waals surface area (Å²) in [7, 11) is 0. The highest BCUT2D eigenvalue weighted by Crippen LogP contribution is 2.36. The highest BCUT2D eigenvalue weighted by molar-refractivity contribution is 5.80. The van der Waals surface area contributed by atoms with Crippen LogP contribution in [0.25, 0.3) is 28.2 Å². The number of alkyl halides is 3. The van der Waals surface area contributed by atoms with Gasteiger partial charge in [-0.3, -0.25) is 0 Å². The van der Waals surface area contributed by atoms with E-state index in [1.54, 1.807) is 29.8 Å². The molecular formula is C19H12F3N5. The van der Waals surface area contributed by atoms with Gasteiger partial charge in [0.2, 0.25) is 0 Å². The zero-order chi connectivity index (χ0) is 19.2. The Labute approximate surface area is 151 Å². The van der Waals surface area contributed by atoms with Crippen molar-refractivity contribution in [3.05, 3.63) is 65.6 Å². The van der Waals surface area contributed by atoms with Crippen LogP contribution in [-0.2, 0) is 6.18 Å². The first-order valence-electron chi connectivity index (χ1n) is 7.98. The number of hydrogen-bond donors (Lipinski definition) is 1. The average Bonchev–Trinajstić information content (AvgIpc) is 3.27. The summed E-state index contributed by atoms with van der Waals surface area (Å²) in [6.45, 7) is 1.70. The van der Waals surface area contributed by atoms with Crippen LogP contribution in [0.1, 0.15) is 16.7 Å². The number of aromatic amines is 1. The van der Waals surface area contributed by atoms with Gasteiger partial charge in [-0.15, -0.1) is 0 Å². The van der Waals surface area contributed by atoms with Crippen molar-refractivity contribution in [1.82, 2.24) is 19.6 Å². The van der Waals surface area contributed by atoms with Crippen molar-refractivity contribution in [3.63, 3.8) is 0 Å². The van der Waals surface area contributed by atoms with Crippen molar-refractivity contribution in [2.75, 3.05) is 0 Å². The Bertz CT molecular complexity index is 1190. The minimum Gasteiger partial charge on any atom is -0.352 e. The number of nitrogens with one attached hydrogen (secondary N) is 1. The lowest BCUT2D eigenvalue weighted by Crippen LogP contribution is -2.05. The molecule has 0 spiro atoms. The van der Waals surface area contributed by atoms with E-state index in [9.17, 15) is 18.4 Å². The van der Waals surface area contributed by atoms with Crippen LogP contribution in [0.2, 0.25) is 0 Å². The number of hydrogen-bond acceptors (Lipinski definition) is 3. The van der Waals surface area contributed by atoms with Crippen LogP contribution in [0.15, 0.2) is 48.9 Å². The maximum Gasteiger partial charge on any atom is 0.416 e. The predicted octanol–water partition coefficient (Wildman–Crippen LogP) is 4.59. The van der Waals surface area contributed by atoms with Crippen molar-refractivity contribution < 1.29 is 13.2 Å². The summed E-state index contributed by atoms with van der Waals surface area (Å²) >= 11 is 0. The molecule has 3 aromatic heterocycles. The fourth-order valence-electron chi connectivity index (χ4n) is 3.02. The van der Waals surface area contributed by atoms with Gasteiger partial charge in [0.25, 0.3) is 0 Å². The molecule has 5 nitrogen and oxygen atoms in total. The predicted molar refractivity (Wildman–Crippen MR) is 92.7 cm³/mol. The van der Waals surface area contributed by atoms with Gasteiger partial charge >= 0.3 is 6.18 Å². The van der Waals surface area contributed by atoms with Gasteiger partial charge in [0, 0.05) is 11.8 Å². The molecule has 1 aromatic carbocycles. The van der Waals surface area contributed by atoms with Gasteiger partial charge in [-0.25, -0.2) is 9.50 Å². The van der Waals surface area contributed by atoms with Gasteiger partial charge in [-0.05, 0) is 42.8 Å². The monoisotopic (exact) mass is 367 g/mol. The van der Waals surface area contributed by atoms with Crippen molar-refractivity contribution in [1.29, 1.82) is 5.26 Å². The number of aromatic nitrogens is 4. The molecule has 0 atom stereocenters. The molecule has 0 bridgehead atoms. The maximum atomic E-state index is 13.1. The third-order valence-electron chi connectivity index (χ3n) is 4.36. The molecule has 0 amide bonds. The Balaban J connectivity index is 1.92. The lowest BCUT2D eigenvalue weighted by Gasteiger charge is -2.11. The number of benzene rings is 1. The van der Waals surface area contributed by atoms with Gasteiger partial charge in [0.15, 0.2) is 0 Å². The van der Waals surface area contributed by atoms with Crippen LogP contribution in [0.5, 0.6) is 0 Å². The summed E-state index contributed by atoms with van der Waals surface area (Å²) in [5.41, 5.74) is 2.58. The van der Waals surface area contributed by atoms with Gasteiger partial charge in [-0.1, -0.05) is 6.07 Å². The lowest BCUT2D eigenvalue weighted by atomic mass is 10.00. The van der Waals surface area contributed by atoms with E-state index in [2.05, 4.69) is 15.1 Å². The van der Waals surface area contributed by atoms with Crippen LogP contribution < -0.4 is 0 Å². The maximum absolute atomic E-state index is 13.1. The van der Waals surface area contributed by atoms with Crippen LogP contribution in [-0.4, -0.2) is 19.6 Å². The zero-order valence-corrected chi connectivity index (χ0v) is 14.0. The molecule has 0 aliphatic carbocycles. The number of rotatable bonds is 2. The molecule has 4 rings (SSSR count). The second-order valence-electron chi connectivity index (χ2n) is 6.06. The summed E-state index contributed by atoms with van der Waals surface area (Å²) in [5, 5.41) is 13.6. The highest BCUT2D eigenvalue weighted by atomic mass is 19.4. The fourth-order valence-corrected chi connectivity index (χ4v) is 3.02. The number of nitriles is 1. The number of halogens is 3. The molecule has 27 heavy (non-hydrogen) atoms. The molecule has 0 saturated carbocycles. The third-order valence-corrected chi connectivity index (χ3v) is 4.36. The van der Waals surface area contributed by atoms with Gasteiger partial charge in [-0.2, -0.15) is 23.5 Å². The first kappa shape index (κ1) is 16.8. The normalized spacial score (nSPS) is 11.7. The Hall–Kier alpha value is -3.60. The molecule has 0 aliphatic rings. The molecule has 3 heterocycles. The van der Waals surface area contributed by atoms with E-state index in [4.69, 9.17) is 0 Å². The molecule has 0 radical (unpaired) electrons. The SMILES string of the molecule is Cc1ccc(C(F)(F)F)cc1-c1[nH]c(-c2ncnn3cccc23)cc1C#N. The summed E-state index contributed by atoms with van der Waals surface area (Å²) in [6, 6.07) is 10.7. The van der Waals surface area contributed by atoms with Crippen molar-refractivity contribution in [3.8, 4) is 28.7 Å². The largest absolute Gasteiger partial charge is 0.416 e. The van der Waals surface area contributed by atoms with Crippen LogP contribution >= 0.6 is 0 Å².